The second kappa shape index (κ2) is 6.63. The Kier molecular flexibility index (Phi) is 4.85. The van der Waals surface area contributed by atoms with Crippen LogP contribution in [-0.4, -0.2) is 34.2 Å². The summed E-state index contributed by atoms with van der Waals surface area (Å²) in [6.45, 7) is 2.79. The number of carbonyl (C=O) groups excluding carboxylic acids is 1. The van der Waals surface area contributed by atoms with Crippen LogP contribution in [-0.2, 0) is 13.6 Å². The summed E-state index contributed by atoms with van der Waals surface area (Å²) in [6, 6.07) is 7.22. The minimum absolute atomic E-state index is 0.115. The van der Waals surface area contributed by atoms with Crippen molar-refractivity contribution in [1.29, 1.82) is 0 Å². The Bertz CT molecular complexity index is 620. The molecule has 0 N–H and O–H groups in total. The lowest BCUT2D eigenvalue weighted by Crippen LogP contribution is -2.27. The van der Waals surface area contributed by atoms with Gasteiger partial charge in [-0.2, -0.15) is 5.10 Å². The lowest BCUT2D eigenvalue weighted by Gasteiger charge is -2.19. The summed E-state index contributed by atoms with van der Waals surface area (Å²) in [5, 5.41) is 4.62. The van der Waals surface area contributed by atoms with Crippen molar-refractivity contribution in [3.05, 3.63) is 46.7 Å². The summed E-state index contributed by atoms with van der Waals surface area (Å²) in [7, 11) is 3.53. The summed E-state index contributed by atoms with van der Waals surface area (Å²) < 4.78 is 7.17. The van der Waals surface area contributed by atoms with E-state index in [-0.39, 0.29) is 5.91 Å². The Morgan fingerprint density at radius 1 is 1.43 bits per heavy atom. The van der Waals surface area contributed by atoms with Gasteiger partial charge in [0, 0.05) is 14.1 Å². The number of para-hydroxylation sites is 1. The molecule has 0 saturated heterocycles. The number of aromatic nitrogens is 2. The molecule has 112 valence electrons. The first-order valence-electron chi connectivity index (χ1n) is 6.68. The van der Waals surface area contributed by atoms with Crippen LogP contribution in [0.5, 0.6) is 5.75 Å². The first-order chi connectivity index (χ1) is 10.0. The molecule has 0 aliphatic heterocycles. The summed E-state index contributed by atoms with van der Waals surface area (Å²) >= 11 is 6.07. The van der Waals surface area contributed by atoms with Crippen LogP contribution in [0.25, 0.3) is 0 Å². The fourth-order valence-electron chi connectivity index (χ4n) is 2.04. The lowest BCUT2D eigenvalue weighted by molar-refractivity contribution is 0.0778. The lowest BCUT2D eigenvalue weighted by atomic mass is 10.1. The van der Waals surface area contributed by atoms with E-state index in [2.05, 4.69) is 5.10 Å². The highest BCUT2D eigenvalue weighted by Gasteiger charge is 2.18. The Balaban J connectivity index is 2.20. The van der Waals surface area contributed by atoms with Gasteiger partial charge in [0.1, 0.15) is 5.75 Å². The highest BCUT2D eigenvalue weighted by atomic mass is 35.5. The number of benzene rings is 1. The van der Waals surface area contributed by atoms with Crippen LogP contribution in [0, 0.1) is 0 Å². The smallest absolute Gasteiger partial charge is 0.257 e. The first kappa shape index (κ1) is 15.4. The number of rotatable bonds is 5. The molecule has 1 heterocycles. The van der Waals surface area contributed by atoms with Crippen molar-refractivity contribution in [3.8, 4) is 5.75 Å². The fourth-order valence-corrected chi connectivity index (χ4v) is 2.27. The molecule has 0 atom stereocenters. The monoisotopic (exact) mass is 307 g/mol. The van der Waals surface area contributed by atoms with Crippen molar-refractivity contribution in [3.63, 3.8) is 0 Å². The van der Waals surface area contributed by atoms with Crippen LogP contribution >= 0.6 is 11.6 Å². The van der Waals surface area contributed by atoms with Gasteiger partial charge in [0.05, 0.1) is 35.6 Å². The van der Waals surface area contributed by atoms with Gasteiger partial charge in [-0.05, 0) is 19.1 Å². The summed E-state index contributed by atoms with van der Waals surface area (Å²) in [5.41, 5.74) is 1.33. The van der Waals surface area contributed by atoms with Gasteiger partial charge in [-0.3, -0.25) is 9.48 Å². The molecule has 2 aromatic rings. The molecule has 1 aromatic heterocycles. The van der Waals surface area contributed by atoms with Crippen molar-refractivity contribution >= 4 is 17.5 Å². The number of hydrogen-bond donors (Lipinski definition) is 0. The number of carbonyl (C=O) groups is 1. The summed E-state index contributed by atoms with van der Waals surface area (Å²) in [4.78, 5) is 14.2. The normalized spacial score (nSPS) is 10.5. The molecule has 5 nitrogen and oxygen atoms in total. The molecule has 0 unspecified atom stereocenters. The van der Waals surface area contributed by atoms with Crippen LogP contribution in [0.2, 0.25) is 5.02 Å². The second-order valence-electron chi connectivity index (χ2n) is 4.65. The maximum absolute atomic E-state index is 12.6. The summed E-state index contributed by atoms with van der Waals surface area (Å²) in [6.07, 6.45) is 1.57. The third kappa shape index (κ3) is 3.36. The average molecular weight is 308 g/mol. The van der Waals surface area contributed by atoms with E-state index in [1.165, 1.54) is 0 Å². The maximum atomic E-state index is 12.6. The molecular formula is C15H18ClN3O2. The zero-order valence-electron chi connectivity index (χ0n) is 12.3. The predicted octanol–water partition coefficient (Wildman–Crippen LogP) is 2.74. The van der Waals surface area contributed by atoms with Crippen LogP contribution < -0.4 is 4.74 Å². The Morgan fingerprint density at radius 2 is 2.14 bits per heavy atom. The molecule has 0 radical (unpaired) electrons. The molecule has 6 heteroatoms. The molecule has 2 rings (SSSR count). The molecule has 0 fully saturated rings. The third-order valence-electron chi connectivity index (χ3n) is 3.16. The molecule has 0 aliphatic rings. The largest absolute Gasteiger partial charge is 0.493 e. The highest BCUT2D eigenvalue weighted by Crippen LogP contribution is 2.21. The zero-order chi connectivity index (χ0) is 15.4. The van der Waals surface area contributed by atoms with Crippen molar-refractivity contribution in [1.82, 2.24) is 14.7 Å². The molecular weight excluding hydrogens is 290 g/mol. The molecule has 0 aliphatic carbocycles. The molecule has 0 spiro atoms. The van der Waals surface area contributed by atoms with Gasteiger partial charge in [-0.25, -0.2) is 0 Å². The van der Waals surface area contributed by atoms with Gasteiger partial charge in [0.2, 0.25) is 0 Å². The van der Waals surface area contributed by atoms with Gasteiger partial charge < -0.3 is 9.64 Å². The number of hydrogen-bond acceptors (Lipinski definition) is 3. The Hall–Kier alpha value is -2.01. The van der Waals surface area contributed by atoms with E-state index in [1.807, 2.05) is 19.1 Å². The third-order valence-corrected chi connectivity index (χ3v) is 3.48. The molecule has 0 saturated carbocycles. The van der Waals surface area contributed by atoms with Crippen LogP contribution in [0.15, 0.2) is 30.5 Å². The summed E-state index contributed by atoms with van der Waals surface area (Å²) in [5.74, 6) is 0.476. The number of amides is 1. The number of aryl methyl sites for hydroxylation is 1. The van der Waals surface area contributed by atoms with E-state index in [0.717, 1.165) is 5.69 Å². The van der Waals surface area contributed by atoms with Crippen molar-refractivity contribution in [2.75, 3.05) is 13.7 Å². The fraction of sp³-hybridized carbons (Fsp3) is 0.333. The minimum Gasteiger partial charge on any atom is -0.493 e. The minimum atomic E-state index is -0.115. The predicted molar refractivity (Wildman–Crippen MR) is 81.6 cm³/mol. The topological polar surface area (TPSA) is 47.4 Å². The van der Waals surface area contributed by atoms with E-state index >= 15 is 0 Å². The van der Waals surface area contributed by atoms with Gasteiger partial charge in [0.25, 0.3) is 5.91 Å². The van der Waals surface area contributed by atoms with E-state index in [0.29, 0.717) is 29.5 Å². The van der Waals surface area contributed by atoms with Crippen LogP contribution in [0.4, 0.5) is 0 Å². The van der Waals surface area contributed by atoms with Crippen LogP contribution in [0.1, 0.15) is 23.0 Å². The molecule has 0 bridgehead atoms. The van der Waals surface area contributed by atoms with Crippen molar-refractivity contribution < 1.29 is 9.53 Å². The molecule has 21 heavy (non-hydrogen) atoms. The second-order valence-corrected chi connectivity index (χ2v) is 5.06. The van der Waals surface area contributed by atoms with Crippen molar-refractivity contribution in [2.45, 2.75) is 13.5 Å². The van der Waals surface area contributed by atoms with Gasteiger partial charge in [-0.1, -0.05) is 23.7 Å². The average Bonchev–Trinajstić information content (AvgIpc) is 2.79. The first-order valence-corrected chi connectivity index (χ1v) is 7.06. The Labute approximate surface area is 129 Å². The van der Waals surface area contributed by atoms with E-state index in [1.54, 1.807) is 42.0 Å². The van der Waals surface area contributed by atoms with Gasteiger partial charge in [-0.15, -0.1) is 0 Å². The van der Waals surface area contributed by atoms with Gasteiger partial charge >= 0.3 is 0 Å². The SMILES string of the molecule is CCOc1ccccc1C(=O)N(C)Cc1c(Cl)cnn1C. The number of ether oxygens (including phenoxy) is 1. The van der Waals surface area contributed by atoms with Crippen molar-refractivity contribution in [2.24, 2.45) is 7.05 Å². The van der Waals surface area contributed by atoms with Crippen LogP contribution in [0.3, 0.4) is 0 Å². The van der Waals surface area contributed by atoms with Gasteiger partial charge in [0.15, 0.2) is 0 Å². The zero-order valence-corrected chi connectivity index (χ0v) is 13.1. The van der Waals surface area contributed by atoms with E-state index in [9.17, 15) is 4.79 Å². The molecule has 1 aromatic carbocycles. The quantitative estimate of drug-likeness (QED) is 0.853. The van der Waals surface area contributed by atoms with E-state index < -0.39 is 0 Å². The number of halogens is 1. The Morgan fingerprint density at radius 3 is 2.76 bits per heavy atom. The standard InChI is InChI=1S/C15H18ClN3O2/c1-4-21-14-8-6-5-7-11(14)15(20)18(2)10-13-12(16)9-17-19(13)3/h5-9H,4,10H2,1-3H3. The van der Waals surface area contributed by atoms with E-state index in [4.69, 9.17) is 16.3 Å². The number of nitrogens with zero attached hydrogens (tertiary/aromatic N) is 3. The molecule has 1 amide bonds. The maximum Gasteiger partial charge on any atom is 0.257 e. The highest BCUT2D eigenvalue weighted by molar-refractivity contribution is 6.31.